The molecule has 0 atom stereocenters. The minimum absolute atomic E-state index is 0.0102. The van der Waals surface area contributed by atoms with E-state index in [9.17, 15) is 9.59 Å². The summed E-state index contributed by atoms with van der Waals surface area (Å²) in [6.07, 6.45) is 3.65. The minimum Gasteiger partial charge on any atom is -0.362 e. The second kappa shape index (κ2) is 9.01. The third-order valence-electron chi connectivity index (χ3n) is 5.58. The Kier molecular flexibility index (Phi) is 6.18. The fourth-order valence-electron chi connectivity index (χ4n) is 3.94. The Balaban J connectivity index is 1.36. The van der Waals surface area contributed by atoms with Gasteiger partial charge in [-0.3, -0.25) is 9.59 Å². The van der Waals surface area contributed by atoms with Crippen LogP contribution >= 0.6 is 11.3 Å². The summed E-state index contributed by atoms with van der Waals surface area (Å²) in [5.41, 5.74) is 0.922. The molecule has 0 aliphatic heterocycles. The molecule has 1 aliphatic rings. The molecular weight excluding hydrogens is 410 g/mol. The van der Waals surface area contributed by atoms with Gasteiger partial charge in [-0.1, -0.05) is 12.1 Å². The molecule has 8 heteroatoms. The van der Waals surface area contributed by atoms with Crippen LogP contribution in [0, 0.1) is 0 Å². The van der Waals surface area contributed by atoms with E-state index in [1.165, 1.54) is 18.3 Å². The van der Waals surface area contributed by atoms with Gasteiger partial charge in [0.2, 0.25) is 5.95 Å². The number of carbonyl (C=O) groups is 2. The van der Waals surface area contributed by atoms with Gasteiger partial charge >= 0.3 is 0 Å². The van der Waals surface area contributed by atoms with Gasteiger partial charge in [-0.2, -0.15) is 4.98 Å². The number of hydrogen-bond acceptors (Lipinski definition) is 7. The number of aromatic nitrogens is 2. The summed E-state index contributed by atoms with van der Waals surface area (Å²) in [7, 11) is 3.97. The van der Waals surface area contributed by atoms with Crippen molar-refractivity contribution < 1.29 is 9.59 Å². The van der Waals surface area contributed by atoms with E-state index in [0.717, 1.165) is 42.4 Å². The maximum Gasteiger partial charge on any atom is 0.261 e. The standard InChI is InChI=1S/C23H27N5O2S/c1-14(29)19-12-13-20(31-19)22(30)24-15-8-10-16(11-9-15)25-23-26-18-7-5-4-6-17(18)21(27-23)28(2)3/h4-7,12-13,15-16H,8-11H2,1-3H3,(H,24,30)(H,25,26,27)/t15-,16+. The Morgan fingerprint density at radius 1 is 0.968 bits per heavy atom. The fraction of sp³-hybridized carbons (Fsp3) is 0.391. The third kappa shape index (κ3) is 4.85. The van der Waals surface area contributed by atoms with Gasteiger partial charge < -0.3 is 15.5 Å². The molecule has 31 heavy (non-hydrogen) atoms. The monoisotopic (exact) mass is 437 g/mol. The SMILES string of the molecule is CC(=O)c1ccc(C(=O)N[C@H]2CC[C@@H](Nc3nc(N(C)C)c4ccccc4n3)CC2)s1. The maximum absolute atomic E-state index is 12.5. The van der Waals surface area contributed by atoms with Crippen LogP contribution in [0.25, 0.3) is 10.9 Å². The van der Waals surface area contributed by atoms with E-state index < -0.39 is 0 Å². The first-order valence-electron chi connectivity index (χ1n) is 10.5. The number of carbonyl (C=O) groups excluding carboxylic acids is 2. The molecule has 2 heterocycles. The van der Waals surface area contributed by atoms with Gasteiger partial charge in [0, 0.05) is 31.6 Å². The molecule has 3 aromatic rings. The predicted octanol–water partition coefficient (Wildman–Crippen LogP) is 4.11. The number of amides is 1. The van der Waals surface area contributed by atoms with Crippen LogP contribution in [0.15, 0.2) is 36.4 Å². The number of anilines is 2. The zero-order valence-corrected chi connectivity index (χ0v) is 18.8. The quantitative estimate of drug-likeness (QED) is 0.564. The topological polar surface area (TPSA) is 87.2 Å². The zero-order chi connectivity index (χ0) is 22.0. The van der Waals surface area contributed by atoms with Crippen LogP contribution in [0.3, 0.4) is 0 Å². The third-order valence-corrected chi connectivity index (χ3v) is 6.76. The number of nitrogens with zero attached hydrogens (tertiary/aromatic N) is 3. The maximum atomic E-state index is 12.5. The highest BCUT2D eigenvalue weighted by molar-refractivity contribution is 7.15. The van der Waals surface area contributed by atoms with Crippen molar-refractivity contribution in [2.75, 3.05) is 24.3 Å². The summed E-state index contributed by atoms with van der Waals surface area (Å²) in [6.45, 7) is 1.52. The van der Waals surface area contributed by atoms with E-state index in [2.05, 4.69) is 10.6 Å². The Morgan fingerprint density at radius 2 is 1.65 bits per heavy atom. The number of para-hydroxylation sites is 1. The number of ketones is 1. The molecule has 0 saturated heterocycles. The molecule has 0 spiro atoms. The fourth-order valence-corrected chi connectivity index (χ4v) is 4.74. The Hall–Kier alpha value is -3.00. The average Bonchev–Trinajstić information content (AvgIpc) is 3.25. The molecule has 0 unspecified atom stereocenters. The van der Waals surface area contributed by atoms with Crippen LogP contribution < -0.4 is 15.5 Å². The molecule has 0 radical (unpaired) electrons. The lowest BCUT2D eigenvalue weighted by Crippen LogP contribution is -2.40. The summed E-state index contributed by atoms with van der Waals surface area (Å²) in [4.78, 5) is 36.6. The van der Waals surface area contributed by atoms with Crippen molar-refractivity contribution in [3.63, 3.8) is 0 Å². The largest absolute Gasteiger partial charge is 0.362 e. The van der Waals surface area contributed by atoms with Crippen molar-refractivity contribution in [2.45, 2.75) is 44.7 Å². The second-order valence-corrected chi connectivity index (χ2v) is 9.25. The first-order chi connectivity index (χ1) is 14.9. The summed E-state index contributed by atoms with van der Waals surface area (Å²) in [5, 5.41) is 7.64. The molecule has 1 aromatic carbocycles. The Morgan fingerprint density at radius 3 is 2.32 bits per heavy atom. The normalized spacial score (nSPS) is 18.5. The van der Waals surface area contributed by atoms with Gasteiger partial charge in [0.1, 0.15) is 5.82 Å². The van der Waals surface area contributed by atoms with Gasteiger partial charge in [0.05, 0.1) is 15.3 Å². The average molecular weight is 438 g/mol. The molecule has 1 aliphatic carbocycles. The van der Waals surface area contributed by atoms with E-state index in [-0.39, 0.29) is 23.8 Å². The molecule has 1 saturated carbocycles. The number of rotatable bonds is 6. The molecular formula is C23H27N5O2S. The summed E-state index contributed by atoms with van der Waals surface area (Å²) < 4.78 is 0. The molecule has 1 amide bonds. The van der Waals surface area contributed by atoms with Gasteiger partial charge in [-0.05, 0) is 56.9 Å². The number of Topliss-reactive ketones (excluding diaryl/α,β-unsaturated/α-hetero) is 1. The van der Waals surface area contributed by atoms with Crippen LogP contribution in [-0.2, 0) is 0 Å². The van der Waals surface area contributed by atoms with E-state index >= 15 is 0 Å². The van der Waals surface area contributed by atoms with Crippen LogP contribution in [-0.4, -0.2) is 47.8 Å². The van der Waals surface area contributed by atoms with Crippen LogP contribution in [0.4, 0.5) is 11.8 Å². The molecule has 7 nitrogen and oxygen atoms in total. The number of thiophene rings is 1. The summed E-state index contributed by atoms with van der Waals surface area (Å²) in [6, 6.07) is 11.9. The van der Waals surface area contributed by atoms with Crippen molar-refractivity contribution in [1.29, 1.82) is 0 Å². The lowest BCUT2D eigenvalue weighted by Gasteiger charge is -2.29. The highest BCUT2D eigenvalue weighted by atomic mass is 32.1. The molecule has 2 N–H and O–H groups in total. The van der Waals surface area contributed by atoms with Crippen LogP contribution in [0.2, 0.25) is 0 Å². The highest BCUT2D eigenvalue weighted by Crippen LogP contribution is 2.26. The van der Waals surface area contributed by atoms with E-state index in [1.807, 2.05) is 43.3 Å². The van der Waals surface area contributed by atoms with Crippen molar-refractivity contribution >= 4 is 45.7 Å². The van der Waals surface area contributed by atoms with Crippen LogP contribution in [0.5, 0.6) is 0 Å². The van der Waals surface area contributed by atoms with E-state index in [1.54, 1.807) is 12.1 Å². The van der Waals surface area contributed by atoms with Gasteiger partial charge in [0.15, 0.2) is 5.78 Å². The smallest absolute Gasteiger partial charge is 0.261 e. The van der Waals surface area contributed by atoms with Crippen molar-refractivity contribution in [1.82, 2.24) is 15.3 Å². The Bertz CT molecular complexity index is 1100. The summed E-state index contributed by atoms with van der Waals surface area (Å²) >= 11 is 1.25. The minimum atomic E-state index is -0.0950. The molecule has 1 fully saturated rings. The Labute approximate surface area is 185 Å². The van der Waals surface area contributed by atoms with Gasteiger partial charge in [-0.25, -0.2) is 4.98 Å². The van der Waals surface area contributed by atoms with Gasteiger partial charge in [-0.15, -0.1) is 11.3 Å². The highest BCUT2D eigenvalue weighted by Gasteiger charge is 2.24. The van der Waals surface area contributed by atoms with Crippen molar-refractivity contribution in [3.05, 3.63) is 46.2 Å². The van der Waals surface area contributed by atoms with E-state index in [4.69, 9.17) is 9.97 Å². The van der Waals surface area contributed by atoms with Crippen LogP contribution in [0.1, 0.15) is 52.0 Å². The van der Waals surface area contributed by atoms with Gasteiger partial charge in [0.25, 0.3) is 5.91 Å². The first kappa shape index (κ1) is 21.2. The molecule has 4 rings (SSSR count). The first-order valence-corrected chi connectivity index (χ1v) is 11.3. The number of benzene rings is 1. The summed E-state index contributed by atoms with van der Waals surface area (Å²) in [5.74, 6) is 1.44. The second-order valence-electron chi connectivity index (χ2n) is 8.17. The van der Waals surface area contributed by atoms with Crippen molar-refractivity contribution in [2.24, 2.45) is 0 Å². The lowest BCUT2D eigenvalue weighted by molar-refractivity contribution is 0.0930. The lowest BCUT2D eigenvalue weighted by atomic mass is 9.91. The predicted molar refractivity (Wildman–Crippen MR) is 125 cm³/mol. The molecule has 0 bridgehead atoms. The number of nitrogens with one attached hydrogen (secondary N) is 2. The van der Waals surface area contributed by atoms with Crippen molar-refractivity contribution in [3.8, 4) is 0 Å². The molecule has 162 valence electrons. The molecule has 2 aromatic heterocycles. The zero-order valence-electron chi connectivity index (χ0n) is 18.0. The number of fused-ring (bicyclic) bond motifs is 1. The number of hydrogen-bond donors (Lipinski definition) is 2. The van der Waals surface area contributed by atoms with E-state index in [0.29, 0.717) is 15.7 Å².